The van der Waals surface area contributed by atoms with Crippen molar-refractivity contribution in [3.05, 3.63) is 65.6 Å². The number of carbonyl (C=O) groups excluding carboxylic acids is 1. The van der Waals surface area contributed by atoms with Crippen LogP contribution in [0.3, 0.4) is 0 Å². The minimum Gasteiger partial charge on any atom is -0.356 e. The Bertz CT molecular complexity index is 857. The summed E-state index contributed by atoms with van der Waals surface area (Å²) in [5.41, 5.74) is 1.58. The standard InChI is InChI=1S/C19H19FN2O2/c1-3-19(2,13-8-10-14(20)11-9-13)21-18(23)12-16-15-6-4-5-7-17(15)24-22-16/h4-11H,3,12H2,1-2H3,(H,21,23). The molecule has 0 saturated heterocycles. The molecule has 2 aromatic carbocycles. The summed E-state index contributed by atoms with van der Waals surface area (Å²) in [4.78, 5) is 12.5. The Kier molecular flexibility index (Phi) is 4.34. The first-order valence-electron chi connectivity index (χ1n) is 7.92. The highest BCUT2D eigenvalue weighted by Crippen LogP contribution is 2.25. The summed E-state index contributed by atoms with van der Waals surface area (Å²) < 4.78 is 18.4. The van der Waals surface area contributed by atoms with Gasteiger partial charge in [0.2, 0.25) is 5.91 Å². The fourth-order valence-electron chi connectivity index (χ4n) is 2.75. The lowest BCUT2D eigenvalue weighted by Gasteiger charge is -2.30. The van der Waals surface area contributed by atoms with Crippen molar-refractivity contribution in [2.24, 2.45) is 0 Å². The quantitative estimate of drug-likeness (QED) is 0.772. The molecule has 1 heterocycles. The Morgan fingerprint density at radius 2 is 1.92 bits per heavy atom. The largest absolute Gasteiger partial charge is 0.356 e. The summed E-state index contributed by atoms with van der Waals surface area (Å²) in [7, 11) is 0. The SMILES string of the molecule is CCC(C)(NC(=O)Cc1noc2ccccc12)c1ccc(F)cc1. The molecule has 1 atom stereocenters. The first-order valence-corrected chi connectivity index (χ1v) is 7.92. The third-order valence-corrected chi connectivity index (χ3v) is 4.38. The van der Waals surface area contributed by atoms with E-state index in [0.29, 0.717) is 17.7 Å². The second kappa shape index (κ2) is 6.43. The maximum Gasteiger partial charge on any atom is 0.226 e. The Hall–Kier alpha value is -2.69. The van der Waals surface area contributed by atoms with Crippen LogP contribution in [0, 0.1) is 5.82 Å². The Morgan fingerprint density at radius 3 is 2.62 bits per heavy atom. The van der Waals surface area contributed by atoms with Crippen molar-refractivity contribution < 1.29 is 13.7 Å². The molecule has 3 aromatic rings. The first kappa shape index (κ1) is 16.2. The van der Waals surface area contributed by atoms with Crippen LogP contribution in [0.5, 0.6) is 0 Å². The zero-order chi connectivity index (χ0) is 17.2. The highest BCUT2D eigenvalue weighted by atomic mass is 19.1. The number of carbonyl (C=O) groups is 1. The van der Waals surface area contributed by atoms with Gasteiger partial charge in [0, 0.05) is 5.39 Å². The molecule has 3 rings (SSSR count). The number of fused-ring (bicyclic) bond motifs is 1. The maximum absolute atomic E-state index is 13.1. The Labute approximate surface area is 139 Å². The van der Waals surface area contributed by atoms with E-state index in [1.54, 1.807) is 12.1 Å². The second-order valence-electron chi connectivity index (χ2n) is 6.04. The van der Waals surface area contributed by atoms with Crippen LogP contribution in [0.15, 0.2) is 53.1 Å². The average Bonchev–Trinajstić information content (AvgIpc) is 2.98. The maximum atomic E-state index is 13.1. The van der Waals surface area contributed by atoms with Gasteiger partial charge in [-0.3, -0.25) is 4.79 Å². The topological polar surface area (TPSA) is 55.1 Å². The lowest BCUT2D eigenvalue weighted by Crippen LogP contribution is -2.43. The van der Waals surface area contributed by atoms with Gasteiger partial charge < -0.3 is 9.84 Å². The van der Waals surface area contributed by atoms with Crippen molar-refractivity contribution in [3.63, 3.8) is 0 Å². The Morgan fingerprint density at radius 1 is 1.21 bits per heavy atom. The van der Waals surface area contributed by atoms with Crippen LogP contribution in [-0.4, -0.2) is 11.1 Å². The van der Waals surface area contributed by atoms with E-state index in [9.17, 15) is 9.18 Å². The molecule has 4 nitrogen and oxygen atoms in total. The van der Waals surface area contributed by atoms with E-state index in [1.165, 1.54) is 12.1 Å². The minimum atomic E-state index is -0.565. The van der Waals surface area contributed by atoms with Gasteiger partial charge in [0.25, 0.3) is 0 Å². The summed E-state index contributed by atoms with van der Waals surface area (Å²) in [5, 5.41) is 7.87. The third-order valence-electron chi connectivity index (χ3n) is 4.38. The van der Waals surface area contributed by atoms with E-state index >= 15 is 0 Å². The van der Waals surface area contributed by atoms with E-state index in [1.807, 2.05) is 38.1 Å². The number of amides is 1. The molecule has 0 aliphatic heterocycles. The molecule has 0 fully saturated rings. The summed E-state index contributed by atoms with van der Waals surface area (Å²) in [5.74, 6) is -0.444. The third kappa shape index (κ3) is 3.15. The summed E-state index contributed by atoms with van der Waals surface area (Å²) >= 11 is 0. The van der Waals surface area contributed by atoms with Gasteiger partial charge in [0.1, 0.15) is 11.5 Å². The van der Waals surface area contributed by atoms with Crippen molar-refractivity contribution in [1.82, 2.24) is 10.5 Å². The lowest BCUT2D eigenvalue weighted by atomic mass is 9.89. The van der Waals surface area contributed by atoms with Crippen LogP contribution in [0.1, 0.15) is 31.5 Å². The second-order valence-corrected chi connectivity index (χ2v) is 6.04. The fraction of sp³-hybridized carbons (Fsp3) is 0.263. The van der Waals surface area contributed by atoms with Crippen LogP contribution in [0.25, 0.3) is 11.0 Å². The first-order chi connectivity index (χ1) is 11.5. The molecule has 1 unspecified atom stereocenters. The van der Waals surface area contributed by atoms with Gasteiger partial charge >= 0.3 is 0 Å². The van der Waals surface area contributed by atoms with Gasteiger partial charge in [-0.05, 0) is 43.2 Å². The normalized spacial score (nSPS) is 13.6. The van der Waals surface area contributed by atoms with Crippen molar-refractivity contribution in [1.29, 1.82) is 0 Å². The molecular weight excluding hydrogens is 307 g/mol. The highest BCUT2D eigenvalue weighted by molar-refractivity contribution is 5.86. The molecule has 24 heavy (non-hydrogen) atoms. The van der Waals surface area contributed by atoms with Gasteiger partial charge in [-0.2, -0.15) is 0 Å². The molecule has 0 spiro atoms. The zero-order valence-corrected chi connectivity index (χ0v) is 13.7. The number of nitrogens with zero attached hydrogens (tertiary/aromatic N) is 1. The van der Waals surface area contributed by atoms with Crippen molar-refractivity contribution in [3.8, 4) is 0 Å². The van der Waals surface area contributed by atoms with Crippen molar-refractivity contribution in [2.45, 2.75) is 32.2 Å². The van der Waals surface area contributed by atoms with Gasteiger partial charge in [0.05, 0.1) is 12.0 Å². The predicted molar refractivity (Wildman–Crippen MR) is 89.9 cm³/mol. The van der Waals surface area contributed by atoms with Crippen LogP contribution >= 0.6 is 0 Å². The molecule has 0 radical (unpaired) electrons. The molecule has 0 aliphatic carbocycles. The average molecular weight is 326 g/mol. The highest BCUT2D eigenvalue weighted by Gasteiger charge is 2.27. The summed E-state index contributed by atoms with van der Waals surface area (Å²) in [6.07, 6.45) is 0.817. The monoisotopic (exact) mass is 326 g/mol. The molecule has 0 saturated carbocycles. The number of rotatable bonds is 5. The fourth-order valence-corrected chi connectivity index (χ4v) is 2.75. The molecule has 0 aliphatic rings. The number of benzene rings is 2. The van der Waals surface area contributed by atoms with Crippen molar-refractivity contribution in [2.75, 3.05) is 0 Å². The van der Waals surface area contributed by atoms with Gasteiger partial charge in [0.15, 0.2) is 5.58 Å². The van der Waals surface area contributed by atoms with Gasteiger partial charge in [-0.25, -0.2) is 4.39 Å². The van der Waals surface area contributed by atoms with Gasteiger partial charge in [-0.15, -0.1) is 0 Å². The number of aromatic nitrogens is 1. The molecular formula is C19H19FN2O2. The van der Waals surface area contributed by atoms with Crippen LogP contribution in [0.2, 0.25) is 0 Å². The van der Waals surface area contributed by atoms with Crippen LogP contribution in [-0.2, 0) is 16.8 Å². The molecule has 1 aromatic heterocycles. The molecule has 1 amide bonds. The number of para-hydroxylation sites is 1. The minimum absolute atomic E-state index is 0.133. The Balaban J connectivity index is 1.78. The molecule has 0 bridgehead atoms. The van der Waals surface area contributed by atoms with E-state index in [-0.39, 0.29) is 18.1 Å². The number of hydrogen-bond acceptors (Lipinski definition) is 3. The number of halogens is 1. The number of nitrogens with one attached hydrogen (secondary N) is 1. The summed E-state index contributed by atoms with van der Waals surface area (Å²) in [6, 6.07) is 13.7. The molecule has 5 heteroatoms. The lowest BCUT2D eigenvalue weighted by molar-refractivity contribution is -0.122. The van der Waals surface area contributed by atoms with E-state index in [2.05, 4.69) is 10.5 Å². The summed E-state index contributed by atoms with van der Waals surface area (Å²) in [6.45, 7) is 3.91. The van der Waals surface area contributed by atoms with Gasteiger partial charge in [-0.1, -0.05) is 36.3 Å². The molecule has 1 N–H and O–H groups in total. The zero-order valence-electron chi connectivity index (χ0n) is 13.7. The smallest absolute Gasteiger partial charge is 0.226 e. The van der Waals surface area contributed by atoms with Crippen LogP contribution in [0.4, 0.5) is 4.39 Å². The van der Waals surface area contributed by atoms with Crippen LogP contribution < -0.4 is 5.32 Å². The predicted octanol–water partition coefficient (Wildman–Crippen LogP) is 3.95. The van der Waals surface area contributed by atoms with E-state index < -0.39 is 5.54 Å². The van der Waals surface area contributed by atoms with Crippen molar-refractivity contribution >= 4 is 16.9 Å². The van der Waals surface area contributed by atoms with E-state index in [0.717, 1.165) is 10.9 Å². The van der Waals surface area contributed by atoms with E-state index in [4.69, 9.17) is 4.52 Å². The molecule has 124 valence electrons. The number of hydrogen-bond donors (Lipinski definition) is 1.